The summed E-state index contributed by atoms with van der Waals surface area (Å²) in [5, 5.41) is 9.47. The molecule has 0 heterocycles. The topological polar surface area (TPSA) is 20.2 Å². The van der Waals surface area contributed by atoms with Gasteiger partial charge in [-0.3, -0.25) is 0 Å². The highest BCUT2D eigenvalue weighted by molar-refractivity contribution is 5.36. The Balaban J connectivity index is 2.24. The maximum atomic E-state index is 9.47. The first-order valence-electron chi connectivity index (χ1n) is 5.57. The molecular formula is C13H18O. The highest BCUT2D eigenvalue weighted by Gasteiger charge is 2.17. The van der Waals surface area contributed by atoms with Gasteiger partial charge in [0.1, 0.15) is 5.75 Å². The van der Waals surface area contributed by atoms with Crippen LogP contribution in [0.4, 0.5) is 0 Å². The second kappa shape index (κ2) is 4.04. The maximum Gasteiger partial charge on any atom is 0.115 e. The van der Waals surface area contributed by atoms with Gasteiger partial charge in [0.15, 0.2) is 0 Å². The van der Waals surface area contributed by atoms with Gasteiger partial charge in [-0.2, -0.15) is 0 Å². The molecule has 1 aliphatic carbocycles. The zero-order valence-corrected chi connectivity index (χ0v) is 8.79. The fourth-order valence-electron chi connectivity index (χ4n) is 2.48. The molecule has 0 radical (unpaired) electrons. The molecule has 0 bridgehead atoms. The predicted octanol–water partition coefficient (Wildman–Crippen LogP) is 3.75. The van der Waals surface area contributed by atoms with E-state index in [1.54, 1.807) is 6.07 Å². The Kier molecular flexibility index (Phi) is 2.76. The van der Waals surface area contributed by atoms with E-state index in [2.05, 4.69) is 6.92 Å². The van der Waals surface area contributed by atoms with Crippen LogP contribution < -0.4 is 0 Å². The van der Waals surface area contributed by atoms with E-state index in [0.29, 0.717) is 11.7 Å². The lowest BCUT2D eigenvalue weighted by Crippen LogP contribution is -2.05. The van der Waals surface area contributed by atoms with Crippen LogP contribution in [0.5, 0.6) is 5.75 Å². The number of aryl methyl sites for hydroxylation is 1. The lowest BCUT2D eigenvalue weighted by atomic mass is 9.82. The van der Waals surface area contributed by atoms with Crippen molar-refractivity contribution in [3.8, 4) is 5.75 Å². The molecule has 1 fully saturated rings. The number of hydrogen-bond donors (Lipinski definition) is 1. The lowest BCUT2D eigenvalue weighted by Gasteiger charge is -2.23. The zero-order valence-electron chi connectivity index (χ0n) is 8.79. The van der Waals surface area contributed by atoms with E-state index in [4.69, 9.17) is 0 Å². The molecule has 1 heteroatoms. The van der Waals surface area contributed by atoms with E-state index >= 15 is 0 Å². The summed E-state index contributed by atoms with van der Waals surface area (Å²) < 4.78 is 0. The number of aromatic hydroxyl groups is 1. The van der Waals surface area contributed by atoms with Crippen molar-refractivity contribution in [2.24, 2.45) is 0 Å². The Morgan fingerprint density at radius 3 is 2.57 bits per heavy atom. The Morgan fingerprint density at radius 2 is 1.86 bits per heavy atom. The molecular weight excluding hydrogens is 172 g/mol. The van der Waals surface area contributed by atoms with Crippen molar-refractivity contribution in [1.82, 2.24) is 0 Å². The summed E-state index contributed by atoms with van der Waals surface area (Å²) in [5.41, 5.74) is 2.69. The van der Waals surface area contributed by atoms with Crippen LogP contribution in [0.3, 0.4) is 0 Å². The minimum atomic E-state index is 0.413. The average Bonchev–Trinajstić information content (AvgIpc) is 2.23. The number of phenols is 1. The van der Waals surface area contributed by atoms with E-state index in [1.807, 2.05) is 12.1 Å². The van der Waals surface area contributed by atoms with Gasteiger partial charge in [0.05, 0.1) is 0 Å². The molecule has 2 rings (SSSR count). The second-order valence-electron chi connectivity index (χ2n) is 4.38. The summed E-state index contributed by atoms with van der Waals surface area (Å²) >= 11 is 0. The molecule has 0 amide bonds. The van der Waals surface area contributed by atoms with Crippen molar-refractivity contribution in [2.45, 2.75) is 44.9 Å². The first-order chi connectivity index (χ1) is 6.77. The molecule has 1 aromatic carbocycles. The van der Waals surface area contributed by atoms with E-state index < -0.39 is 0 Å². The largest absolute Gasteiger partial charge is 0.508 e. The minimum Gasteiger partial charge on any atom is -0.508 e. The quantitative estimate of drug-likeness (QED) is 0.715. The Hall–Kier alpha value is -0.980. The molecule has 1 aliphatic rings. The molecule has 1 N–H and O–H groups in total. The second-order valence-corrected chi connectivity index (χ2v) is 4.38. The van der Waals surface area contributed by atoms with E-state index in [9.17, 15) is 5.11 Å². The monoisotopic (exact) mass is 190 g/mol. The molecule has 0 saturated heterocycles. The fraction of sp³-hybridized carbons (Fsp3) is 0.538. The third kappa shape index (κ3) is 1.92. The molecule has 1 nitrogen and oxygen atoms in total. The average molecular weight is 190 g/mol. The van der Waals surface area contributed by atoms with Crippen molar-refractivity contribution < 1.29 is 5.11 Å². The van der Waals surface area contributed by atoms with Crippen LogP contribution in [0.2, 0.25) is 0 Å². The molecule has 0 atom stereocenters. The highest BCUT2D eigenvalue weighted by atomic mass is 16.3. The van der Waals surface area contributed by atoms with Crippen molar-refractivity contribution >= 4 is 0 Å². The first-order valence-corrected chi connectivity index (χ1v) is 5.57. The summed E-state index contributed by atoms with van der Waals surface area (Å²) in [7, 11) is 0. The van der Waals surface area contributed by atoms with E-state index in [-0.39, 0.29) is 0 Å². The maximum absolute atomic E-state index is 9.47. The van der Waals surface area contributed by atoms with Crippen molar-refractivity contribution in [2.75, 3.05) is 0 Å². The molecule has 0 spiro atoms. The van der Waals surface area contributed by atoms with Crippen LogP contribution in [-0.2, 0) is 0 Å². The summed E-state index contributed by atoms with van der Waals surface area (Å²) in [6.45, 7) is 2.14. The van der Waals surface area contributed by atoms with E-state index in [0.717, 1.165) is 0 Å². The predicted molar refractivity (Wildman–Crippen MR) is 58.7 cm³/mol. The zero-order chi connectivity index (χ0) is 9.97. The van der Waals surface area contributed by atoms with Gasteiger partial charge in [-0.25, -0.2) is 0 Å². The Morgan fingerprint density at radius 1 is 1.14 bits per heavy atom. The first kappa shape index (κ1) is 9.57. The molecule has 76 valence electrons. The fourth-order valence-corrected chi connectivity index (χ4v) is 2.48. The van der Waals surface area contributed by atoms with Gasteiger partial charge in [-0.05, 0) is 48.9 Å². The van der Waals surface area contributed by atoms with Crippen LogP contribution in [-0.4, -0.2) is 5.11 Å². The van der Waals surface area contributed by atoms with Gasteiger partial charge >= 0.3 is 0 Å². The third-order valence-electron chi connectivity index (χ3n) is 3.31. The normalized spacial score (nSPS) is 18.4. The summed E-state index contributed by atoms with van der Waals surface area (Å²) in [6, 6.07) is 5.76. The van der Waals surface area contributed by atoms with Crippen LogP contribution in [0.15, 0.2) is 18.2 Å². The molecule has 0 aliphatic heterocycles. The summed E-state index contributed by atoms with van der Waals surface area (Å²) in [5.74, 6) is 1.10. The SMILES string of the molecule is Cc1ccc(O)cc1C1CCCCC1. The van der Waals surface area contributed by atoms with Gasteiger partial charge in [0.25, 0.3) is 0 Å². The molecule has 1 aromatic rings. The van der Waals surface area contributed by atoms with Gasteiger partial charge in [0.2, 0.25) is 0 Å². The van der Waals surface area contributed by atoms with Gasteiger partial charge in [-0.1, -0.05) is 25.3 Å². The lowest BCUT2D eigenvalue weighted by molar-refractivity contribution is 0.437. The summed E-state index contributed by atoms with van der Waals surface area (Å²) in [6.07, 6.45) is 6.67. The minimum absolute atomic E-state index is 0.413. The van der Waals surface area contributed by atoms with Gasteiger partial charge < -0.3 is 5.11 Å². The van der Waals surface area contributed by atoms with Crippen LogP contribution in [0.1, 0.15) is 49.1 Å². The van der Waals surface area contributed by atoms with Crippen LogP contribution in [0, 0.1) is 6.92 Å². The number of benzene rings is 1. The highest BCUT2D eigenvalue weighted by Crippen LogP contribution is 2.35. The molecule has 14 heavy (non-hydrogen) atoms. The number of hydrogen-bond acceptors (Lipinski definition) is 1. The summed E-state index contributed by atoms with van der Waals surface area (Å²) in [4.78, 5) is 0. The number of rotatable bonds is 1. The van der Waals surface area contributed by atoms with Crippen molar-refractivity contribution in [3.63, 3.8) is 0 Å². The third-order valence-corrected chi connectivity index (χ3v) is 3.31. The Labute approximate surface area is 85.8 Å². The molecule has 0 aromatic heterocycles. The van der Waals surface area contributed by atoms with Crippen molar-refractivity contribution in [1.29, 1.82) is 0 Å². The van der Waals surface area contributed by atoms with Crippen molar-refractivity contribution in [3.05, 3.63) is 29.3 Å². The molecule has 1 saturated carbocycles. The molecule has 0 unspecified atom stereocenters. The smallest absolute Gasteiger partial charge is 0.115 e. The van der Waals surface area contributed by atoms with E-state index in [1.165, 1.54) is 43.2 Å². The Bertz CT molecular complexity index is 311. The van der Waals surface area contributed by atoms with Crippen LogP contribution in [0.25, 0.3) is 0 Å². The van der Waals surface area contributed by atoms with Gasteiger partial charge in [0, 0.05) is 0 Å². The van der Waals surface area contributed by atoms with Crippen LogP contribution >= 0.6 is 0 Å². The standard InChI is InChI=1S/C13H18O/c1-10-7-8-12(14)9-13(10)11-5-3-2-4-6-11/h7-9,11,14H,2-6H2,1H3. The number of phenolic OH excluding ortho intramolecular Hbond substituents is 1. The van der Waals surface area contributed by atoms with Gasteiger partial charge in [-0.15, -0.1) is 0 Å².